The van der Waals surface area contributed by atoms with E-state index in [1.165, 1.54) is 12.1 Å². The molecule has 31 heavy (non-hydrogen) atoms. The highest BCUT2D eigenvalue weighted by Gasteiger charge is 2.39. The van der Waals surface area contributed by atoms with Gasteiger partial charge in [-0.3, -0.25) is 19.7 Å². The van der Waals surface area contributed by atoms with Crippen molar-refractivity contribution in [1.82, 2.24) is 10.2 Å². The fourth-order valence-corrected chi connectivity index (χ4v) is 4.33. The van der Waals surface area contributed by atoms with Gasteiger partial charge in [-0.25, -0.2) is 17.9 Å². The Morgan fingerprint density at radius 3 is 2.68 bits per heavy atom. The molecular weight excluding hydrogens is 427 g/mol. The lowest BCUT2D eigenvalue weighted by Gasteiger charge is -2.29. The second-order valence-electron chi connectivity index (χ2n) is 7.17. The van der Waals surface area contributed by atoms with Gasteiger partial charge in [0.2, 0.25) is 21.8 Å². The van der Waals surface area contributed by atoms with Gasteiger partial charge >= 0.3 is 0 Å². The molecule has 2 heterocycles. The number of anilines is 1. The Morgan fingerprint density at radius 1 is 1.23 bits per heavy atom. The zero-order valence-electron chi connectivity index (χ0n) is 17.1. The molecule has 9 nitrogen and oxygen atoms in total. The number of rotatable bonds is 5. The number of nitrogens with one attached hydrogen (secondary N) is 2. The summed E-state index contributed by atoms with van der Waals surface area (Å²) in [6.45, 7) is -0.150. The second-order valence-corrected chi connectivity index (χ2v) is 8.70. The smallest absolute Gasteiger partial charge is 0.255 e. The number of hydrogen-bond donors (Lipinski definition) is 3. The van der Waals surface area contributed by atoms with Gasteiger partial charge in [0.05, 0.1) is 1.37 Å². The van der Waals surface area contributed by atoms with Crippen molar-refractivity contribution in [1.29, 1.82) is 0 Å². The van der Waals surface area contributed by atoms with E-state index in [0.29, 0.717) is 11.3 Å². The van der Waals surface area contributed by atoms with Crippen LogP contribution in [0.3, 0.4) is 0 Å². The van der Waals surface area contributed by atoms with Crippen LogP contribution < -0.4 is 15.8 Å². The molecule has 1 atom stereocenters. The average molecular weight is 447 g/mol. The molecule has 0 aromatic heterocycles. The summed E-state index contributed by atoms with van der Waals surface area (Å²) in [4.78, 5) is 37.2. The number of amides is 3. The molecule has 4 N–H and O–H groups in total. The van der Waals surface area contributed by atoms with E-state index in [1.807, 2.05) is 0 Å². The Morgan fingerprint density at radius 2 is 1.97 bits per heavy atom. The first kappa shape index (κ1) is 19.6. The van der Waals surface area contributed by atoms with Crippen molar-refractivity contribution in [3.05, 3.63) is 58.9 Å². The molecule has 1 fully saturated rings. The van der Waals surface area contributed by atoms with E-state index < -0.39 is 44.5 Å². The van der Waals surface area contributed by atoms with Crippen LogP contribution in [0.1, 0.15) is 35.7 Å². The minimum atomic E-state index is -4.23. The molecule has 0 saturated carbocycles. The molecular formula is C20H19FN4O5S. The highest BCUT2D eigenvalue weighted by Crippen LogP contribution is 2.32. The van der Waals surface area contributed by atoms with Crippen LogP contribution in [0.15, 0.2) is 41.3 Å². The maximum Gasteiger partial charge on any atom is 0.255 e. The largest absolute Gasteiger partial charge is 0.381 e. The zero-order chi connectivity index (χ0) is 23.3. The molecule has 3 amide bonds. The van der Waals surface area contributed by atoms with E-state index in [9.17, 15) is 27.2 Å². The van der Waals surface area contributed by atoms with Crippen molar-refractivity contribution in [3.8, 4) is 0 Å². The predicted molar refractivity (Wildman–Crippen MR) is 108 cm³/mol. The summed E-state index contributed by atoms with van der Waals surface area (Å²) < 4.78 is 46.2. The minimum absolute atomic E-state index is 0.0532. The highest BCUT2D eigenvalue weighted by atomic mass is 32.2. The summed E-state index contributed by atoms with van der Waals surface area (Å²) in [6, 6.07) is 6.72. The normalized spacial score (nSPS) is 21.5. The van der Waals surface area contributed by atoms with Crippen LogP contribution in [0.25, 0.3) is 0 Å². The van der Waals surface area contributed by atoms with Crippen molar-refractivity contribution >= 4 is 33.4 Å². The molecule has 1 saturated heterocycles. The number of carbonyl (C=O) groups is 3. The number of imide groups is 1. The monoisotopic (exact) mass is 447 g/mol. The van der Waals surface area contributed by atoms with Crippen molar-refractivity contribution in [2.24, 2.45) is 5.14 Å². The lowest BCUT2D eigenvalue weighted by molar-refractivity contribution is -0.136. The summed E-state index contributed by atoms with van der Waals surface area (Å²) in [7, 11) is -4.23. The van der Waals surface area contributed by atoms with Crippen LogP contribution in [0.5, 0.6) is 0 Å². The quantitative estimate of drug-likeness (QED) is 0.581. The maximum atomic E-state index is 14.6. The topological polar surface area (TPSA) is 139 Å². The molecule has 0 unspecified atom stereocenters. The average Bonchev–Trinajstić information content (AvgIpc) is 3.07. The standard InChI is InChI=1S/C20H19FN4O5S/c21-18-11(3-1-6-16(18)31(22,29)30)9-23-14-5-2-4-12-13(14)10-25(20(12)28)15-7-8-17(26)24-19(15)27/h1-6,15,23H,7-10H2,(H2,22,29,30)(H,24,26,27)/t15-/m0/s1/i15D. The third kappa shape index (κ3) is 3.89. The van der Waals surface area contributed by atoms with Gasteiger partial charge in [0.1, 0.15) is 16.7 Å². The molecule has 11 heteroatoms. The van der Waals surface area contributed by atoms with Gasteiger partial charge < -0.3 is 10.2 Å². The lowest BCUT2D eigenvalue weighted by Crippen LogP contribution is -2.52. The lowest BCUT2D eigenvalue weighted by atomic mass is 10.0. The predicted octanol–water partition coefficient (Wildman–Crippen LogP) is 0.846. The molecule has 2 aliphatic rings. The molecule has 4 rings (SSSR count). The third-order valence-electron chi connectivity index (χ3n) is 5.22. The number of sulfonamides is 1. The summed E-state index contributed by atoms with van der Waals surface area (Å²) in [6.07, 6.45) is -0.175. The third-order valence-corrected chi connectivity index (χ3v) is 6.14. The molecule has 0 bridgehead atoms. The molecule has 0 aliphatic carbocycles. The molecule has 162 valence electrons. The van der Waals surface area contributed by atoms with Gasteiger partial charge in [-0.1, -0.05) is 18.2 Å². The first-order valence-electron chi connectivity index (χ1n) is 9.84. The Hall–Kier alpha value is -3.31. The summed E-state index contributed by atoms with van der Waals surface area (Å²) in [5.74, 6) is -2.84. The van der Waals surface area contributed by atoms with Gasteiger partial charge in [0.15, 0.2) is 0 Å². The van der Waals surface area contributed by atoms with Crippen molar-refractivity contribution in [3.63, 3.8) is 0 Å². The van der Waals surface area contributed by atoms with E-state index in [1.54, 1.807) is 18.2 Å². The van der Waals surface area contributed by atoms with Gasteiger partial charge in [0.25, 0.3) is 5.91 Å². The number of primary sulfonamides is 1. The number of halogens is 1. The zero-order valence-corrected chi connectivity index (χ0v) is 17.0. The first-order chi connectivity index (χ1) is 15.0. The molecule has 0 radical (unpaired) electrons. The van der Waals surface area contributed by atoms with Crippen LogP contribution in [-0.4, -0.2) is 37.1 Å². The SMILES string of the molecule is [2H][C@]1(N2Cc3c(NCc4cccc(S(N)(=O)=O)c4F)cccc3C2=O)CCC(=O)NC1=O. The summed E-state index contributed by atoms with van der Waals surface area (Å²) >= 11 is 0. The Kier molecular flexibility index (Phi) is 4.91. The summed E-state index contributed by atoms with van der Waals surface area (Å²) in [5, 5.41) is 10.1. The van der Waals surface area contributed by atoms with E-state index in [2.05, 4.69) is 10.6 Å². The second kappa shape index (κ2) is 7.75. The number of nitrogens with two attached hydrogens (primary N) is 1. The number of nitrogens with zero attached hydrogens (tertiary/aromatic N) is 1. The van der Waals surface area contributed by atoms with E-state index in [-0.39, 0.29) is 37.1 Å². The maximum absolute atomic E-state index is 14.6. The molecule has 2 aromatic rings. The molecule has 2 aromatic carbocycles. The molecule has 0 spiro atoms. The van der Waals surface area contributed by atoms with Crippen LogP contribution in [0, 0.1) is 5.82 Å². The first-order valence-corrected chi connectivity index (χ1v) is 10.9. The Labute approximate surface area is 178 Å². The van der Waals surface area contributed by atoms with Crippen molar-refractivity contribution in [2.75, 3.05) is 5.32 Å². The number of hydrogen-bond acceptors (Lipinski definition) is 6. The minimum Gasteiger partial charge on any atom is -0.381 e. The Bertz CT molecular complexity index is 1270. The summed E-state index contributed by atoms with van der Waals surface area (Å²) in [5.41, 5.74) is 1.31. The molecule has 2 aliphatic heterocycles. The van der Waals surface area contributed by atoms with E-state index in [0.717, 1.165) is 11.0 Å². The number of carbonyl (C=O) groups excluding carboxylic acids is 3. The fourth-order valence-electron chi connectivity index (χ4n) is 3.68. The van der Waals surface area contributed by atoms with Crippen molar-refractivity contribution in [2.45, 2.75) is 36.8 Å². The fraction of sp³-hybridized carbons (Fsp3) is 0.250. The van der Waals surface area contributed by atoms with Gasteiger partial charge in [-0.15, -0.1) is 0 Å². The highest BCUT2D eigenvalue weighted by molar-refractivity contribution is 7.89. The number of piperidine rings is 1. The van der Waals surface area contributed by atoms with E-state index >= 15 is 0 Å². The Balaban J connectivity index is 1.60. The van der Waals surface area contributed by atoms with Crippen LogP contribution >= 0.6 is 0 Å². The van der Waals surface area contributed by atoms with Crippen molar-refractivity contribution < 1.29 is 28.6 Å². The van der Waals surface area contributed by atoms with Crippen LogP contribution in [0.4, 0.5) is 10.1 Å². The number of fused-ring (bicyclic) bond motifs is 1. The number of benzene rings is 2. The van der Waals surface area contributed by atoms with Gasteiger partial charge in [-0.2, -0.15) is 0 Å². The van der Waals surface area contributed by atoms with Crippen LogP contribution in [0.2, 0.25) is 0 Å². The van der Waals surface area contributed by atoms with E-state index in [4.69, 9.17) is 6.51 Å². The van der Waals surface area contributed by atoms with Gasteiger partial charge in [0, 0.05) is 41.9 Å². The van der Waals surface area contributed by atoms with Crippen LogP contribution in [-0.2, 0) is 32.7 Å². The van der Waals surface area contributed by atoms with Gasteiger partial charge in [-0.05, 0) is 24.6 Å².